The summed E-state index contributed by atoms with van der Waals surface area (Å²) >= 11 is 0. The highest BCUT2D eigenvalue weighted by Gasteiger charge is 2.48. The molecule has 1 fully saturated rings. The lowest BCUT2D eigenvalue weighted by molar-refractivity contribution is -0.298. The monoisotopic (exact) mass is 1130 g/mol. The number of aliphatic hydroxyl groups is 4. The number of carbonyl (C=O) groups excluding carboxylic acids is 1. The van der Waals surface area contributed by atoms with E-state index in [1.54, 1.807) is 6.08 Å². The number of ether oxygens (including phenoxy) is 2. The maximum absolute atomic E-state index is 13.2. The summed E-state index contributed by atoms with van der Waals surface area (Å²) < 4.78 is 48.0. The van der Waals surface area contributed by atoms with Crippen LogP contribution in [0, 0.1) is 0 Å². The van der Waals surface area contributed by atoms with E-state index in [-0.39, 0.29) is 18.9 Å². The van der Waals surface area contributed by atoms with Crippen LogP contribution in [0.4, 0.5) is 0 Å². The Kier molecular flexibility index (Phi) is 52.8. The molecular weight excluding hydrogens is 1000 g/mol. The molecule has 1 saturated heterocycles. The summed E-state index contributed by atoms with van der Waals surface area (Å²) in [5.74, 6) is -0.254. The average molecular weight is 1130 g/mol. The Hall–Kier alpha value is -1.16. The third-order valence-electron chi connectivity index (χ3n) is 16.3. The van der Waals surface area contributed by atoms with Gasteiger partial charge in [-0.3, -0.25) is 9.35 Å². The summed E-state index contributed by atoms with van der Waals surface area (Å²) in [6, 6.07) is -0.941. The lowest BCUT2D eigenvalue weighted by Gasteiger charge is -2.41. The van der Waals surface area contributed by atoms with Gasteiger partial charge >= 0.3 is 10.4 Å². The Bertz CT molecular complexity index is 1420. The summed E-state index contributed by atoms with van der Waals surface area (Å²) in [7, 11) is -5.09. The molecule has 464 valence electrons. The maximum atomic E-state index is 13.2. The molecule has 78 heavy (non-hydrogen) atoms. The maximum Gasteiger partial charge on any atom is 0.397 e. The number of hydrogen-bond donors (Lipinski definition) is 6. The lowest BCUT2D eigenvalue weighted by Crippen LogP contribution is -2.61. The molecule has 7 unspecified atom stereocenters. The molecule has 1 heterocycles. The molecule has 1 rings (SSSR count). The van der Waals surface area contributed by atoms with Crippen LogP contribution < -0.4 is 5.32 Å². The van der Waals surface area contributed by atoms with E-state index in [0.717, 1.165) is 38.5 Å². The Balaban J connectivity index is 2.23. The van der Waals surface area contributed by atoms with E-state index in [1.165, 1.54) is 276 Å². The van der Waals surface area contributed by atoms with Gasteiger partial charge in [0, 0.05) is 6.42 Å². The number of carbonyl (C=O) groups is 1. The van der Waals surface area contributed by atoms with Crippen molar-refractivity contribution in [2.45, 2.75) is 384 Å². The van der Waals surface area contributed by atoms with Crippen molar-refractivity contribution in [1.82, 2.24) is 5.32 Å². The van der Waals surface area contributed by atoms with Gasteiger partial charge in [0.25, 0.3) is 0 Å². The van der Waals surface area contributed by atoms with Gasteiger partial charge in [-0.15, -0.1) is 0 Å². The van der Waals surface area contributed by atoms with Crippen molar-refractivity contribution < 1.29 is 51.8 Å². The molecule has 0 aromatic carbocycles. The van der Waals surface area contributed by atoms with E-state index in [4.69, 9.17) is 9.47 Å². The van der Waals surface area contributed by atoms with Crippen molar-refractivity contribution in [3.63, 3.8) is 0 Å². The topological polar surface area (TPSA) is 192 Å². The lowest BCUT2D eigenvalue weighted by atomic mass is 9.99. The molecule has 0 spiro atoms. The number of rotatable bonds is 60. The quantitative estimate of drug-likeness (QED) is 0.0193. The normalized spacial score (nSPS) is 18.8. The fourth-order valence-corrected chi connectivity index (χ4v) is 11.7. The van der Waals surface area contributed by atoms with Crippen molar-refractivity contribution in [3.8, 4) is 0 Å². The molecule has 7 atom stereocenters. The van der Waals surface area contributed by atoms with Crippen molar-refractivity contribution >= 4 is 16.3 Å². The molecule has 1 aliphatic rings. The standard InChI is InChI=1S/C65H127NO11S/c1-3-5-7-9-11-13-15-17-19-21-23-24-25-26-27-28-29-30-31-32-33-34-35-37-39-41-43-45-47-49-51-53-55-61(69)66-58(57-75-65-63(71)64(77-78(72,73)74)62(70)60(56-67)76-65)59(68)54-52-50-48-46-44-42-40-38-36-22-20-18-16-14-12-10-8-6-4-2/h52,54,58-60,62-65,67-68,70-71H,3-51,53,55-57H2,1-2H3,(H,66,69)(H,72,73,74)/b54-52+. The van der Waals surface area contributed by atoms with Crippen molar-refractivity contribution in [2.75, 3.05) is 13.2 Å². The minimum Gasteiger partial charge on any atom is -0.394 e. The molecule has 1 aliphatic heterocycles. The van der Waals surface area contributed by atoms with Gasteiger partial charge < -0.3 is 35.2 Å². The van der Waals surface area contributed by atoms with Crippen LogP contribution in [0.1, 0.15) is 341 Å². The van der Waals surface area contributed by atoms with E-state index in [9.17, 15) is 38.2 Å². The van der Waals surface area contributed by atoms with Crippen LogP contribution in [0.25, 0.3) is 0 Å². The van der Waals surface area contributed by atoms with E-state index in [0.29, 0.717) is 6.42 Å². The van der Waals surface area contributed by atoms with E-state index in [2.05, 4.69) is 23.3 Å². The van der Waals surface area contributed by atoms with Gasteiger partial charge in [-0.25, -0.2) is 4.18 Å². The second-order valence-corrected chi connectivity index (χ2v) is 24.8. The third-order valence-corrected chi connectivity index (χ3v) is 16.8. The van der Waals surface area contributed by atoms with Crippen molar-refractivity contribution in [3.05, 3.63) is 12.2 Å². The van der Waals surface area contributed by atoms with E-state index >= 15 is 0 Å². The van der Waals surface area contributed by atoms with Gasteiger partial charge in [0.05, 0.1) is 25.4 Å². The highest BCUT2D eigenvalue weighted by Crippen LogP contribution is 2.26. The molecule has 13 heteroatoms. The number of unbranched alkanes of at least 4 members (excludes halogenated alkanes) is 48. The van der Waals surface area contributed by atoms with Crippen LogP contribution in [-0.4, -0.2) is 95.4 Å². The smallest absolute Gasteiger partial charge is 0.394 e. The molecule has 0 aromatic heterocycles. The molecule has 0 saturated carbocycles. The SMILES string of the molecule is CCCCCCCCCCCCCCCCCCC/C=C/C(O)C(COC1OC(CO)C(O)C(OS(=O)(=O)O)C1O)NC(=O)CCCCCCCCCCCCCCCCCCCCCCCCCCCCCCCCCC. The summed E-state index contributed by atoms with van der Waals surface area (Å²) in [5, 5.41) is 45.1. The van der Waals surface area contributed by atoms with Crippen LogP contribution in [0.5, 0.6) is 0 Å². The Labute approximate surface area is 480 Å². The fourth-order valence-electron chi connectivity index (χ4n) is 11.2. The third kappa shape index (κ3) is 46.3. The summed E-state index contributed by atoms with van der Waals surface area (Å²) in [4.78, 5) is 13.2. The Morgan fingerprint density at radius 1 is 0.500 bits per heavy atom. The van der Waals surface area contributed by atoms with Crippen LogP contribution in [0.15, 0.2) is 12.2 Å². The summed E-state index contributed by atoms with van der Waals surface area (Å²) in [5.41, 5.74) is 0. The molecule has 0 bridgehead atoms. The zero-order chi connectivity index (χ0) is 56.8. The minimum atomic E-state index is -5.09. The van der Waals surface area contributed by atoms with Crippen LogP contribution in [0.2, 0.25) is 0 Å². The van der Waals surface area contributed by atoms with E-state index < -0.39 is 59.9 Å². The number of aliphatic hydroxyl groups excluding tert-OH is 4. The van der Waals surface area contributed by atoms with Gasteiger partial charge in [0.15, 0.2) is 6.29 Å². The molecule has 0 radical (unpaired) electrons. The molecular formula is C65H127NO11S. The van der Waals surface area contributed by atoms with Gasteiger partial charge in [-0.05, 0) is 19.3 Å². The predicted octanol–water partition coefficient (Wildman–Crippen LogP) is 17.0. The highest BCUT2D eigenvalue weighted by atomic mass is 32.3. The number of amides is 1. The number of allylic oxidation sites excluding steroid dienone is 1. The molecule has 12 nitrogen and oxygen atoms in total. The van der Waals surface area contributed by atoms with Crippen LogP contribution in [-0.2, 0) is 28.9 Å². The highest BCUT2D eigenvalue weighted by molar-refractivity contribution is 7.80. The number of nitrogens with one attached hydrogen (secondary N) is 1. The first-order chi connectivity index (χ1) is 38.0. The molecule has 0 aliphatic carbocycles. The minimum absolute atomic E-state index is 0.254. The number of hydrogen-bond acceptors (Lipinski definition) is 10. The second-order valence-electron chi connectivity index (χ2n) is 23.8. The zero-order valence-corrected chi connectivity index (χ0v) is 51.6. The van der Waals surface area contributed by atoms with Crippen molar-refractivity contribution in [2.24, 2.45) is 0 Å². The summed E-state index contributed by atoms with van der Waals surface area (Å²) in [6.45, 7) is 3.46. The summed E-state index contributed by atoms with van der Waals surface area (Å²) in [6.07, 6.45) is 60.0. The molecule has 6 N–H and O–H groups in total. The Morgan fingerprint density at radius 2 is 0.808 bits per heavy atom. The first-order valence-corrected chi connectivity index (χ1v) is 34.9. The second kappa shape index (κ2) is 55.1. The largest absolute Gasteiger partial charge is 0.397 e. The van der Waals surface area contributed by atoms with Crippen LogP contribution >= 0.6 is 0 Å². The fraction of sp³-hybridized carbons (Fsp3) is 0.954. The first kappa shape index (κ1) is 74.9. The van der Waals surface area contributed by atoms with Crippen LogP contribution in [0.3, 0.4) is 0 Å². The van der Waals surface area contributed by atoms with E-state index in [1.807, 2.05) is 6.08 Å². The van der Waals surface area contributed by atoms with Gasteiger partial charge in [-0.1, -0.05) is 328 Å². The average Bonchev–Trinajstić information content (AvgIpc) is 3.45. The zero-order valence-electron chi connectivity index (χ0n) is 50.8. The predicted molar refractivity (Wildman–Crippen MR) is 324 cm³/mol. The Morgan fingerprint density at radius 3 is 1.12 bits per heavy atom. The molecule has 0 aromatic rings. The molecule has 1 amide bonds. The van der Waals surface area contributed by atoms with Crippen molar-refractivity contribution in [1.29, 1.82) is 0 Å². The first-order valence-electron chi connectivity index (χ1n) is 33.6. The van der Waals surface area contributed by atoms with Gasteiger partial charge in [-0.2, -0.15) is 8.42 Å². The van der Waals surface area contributed by atoms with Gasteiger partial charge in [0.2, 0.25) is 5.91 Å². The van der Waals surface area contributed by atoms with Gasteiger partial charge in [0.1, 0.15) is 24.4 Å².